The highest BCUT2D eigenvalue weighted by Gasteiger charge is 2.54. The van der Waals surface area contributed by atoms with Crippen molar-refractivity contribution >= 4 is 103 Å². The van der Waals surface area contributed by atoms with Gasteiger partial charge in [0.1, 0.15) is 23.0 Å². The average molecular weight is 676 g/mol. The van der Waals surface area contributed by atoms with Crippen LogP contribution in [0.15, 0.2) is 115 Å². The summed E-state index contributed by atoms with van der Waals surface area (Å²) in [5.74, 6) is 3.80. The lowest BCUT2D eigenvalue weighted by Crippen LogP contribution is -2.72. The molecule has 0 aromatic heterocycles. The van der Waals surface area contributed by atoms with Gasteiger partial charge in [-0.15, -0.1) is 0 Å². The molecule has 7 aromatic rings. The molecule has 6 aliphatic heterocycles. The van der Waals surface area contributed by atoms with E-state index < -0.39 is 0 Å². The molecular formula is C46H31B3N2O2. The molecule has 0 fully saturated rings. The van der Waals surface area contributed by atoms with Crippen molar-refractivity contribution in [3.8, 4) is 23.0 Å². The first-order chi connectivity index (χ1) is 25.9. The Kier molecular flexibility index (Phi) is 5.10. The maximum Gasteiger partial charge on any atom is 0.256 e. The zero-order chi connectivity index (χ0) is 35.0. The van der Waals surface area contributed by atoms with Gasteiger partial charge in [-0.3, -0.25) is 0 Å². The maximum atomic E-state index is 6.81. The van der Waals surface area contributed by atoms with Gasteiger partial charge in [-0.2, -0.15) is 0 Å². The molecule has 0 saturated heterocycles. The molecule has 7 heteroatoms. The summed E-state index contributed by atoms with van der Waals surface area (Å²) >= 11 is 0. The topological polar surface area (TPSA) is 24.9 Å². The molecule has 246 valence electrons. The summed E-state index contributed by atoms with van der Waals surface area (Å²) in [4.78, 5) is 5.17. The van der Waals surface area contributed by atoms with E-state index >= 15 is 0 Å². The van der Waals surface area contributed by atoms with Gasteiger partial charge in [-0.05, 0) is 137 Å². The third kappa shape index (κ3) is 3.38. The van der Waals surface area contributed by atoms with Crippen molar-refractivity contribution in [2.75, 3.05) is 9.80 Å². The minimum absolute atomic E-state index is 0.0207. The third-order valence-corrected chi connectivity index (χ3v) is 12.7. The Labute approximate surface area is 309 Å². The molecule has 0 radical (unpaired) electrons. The quantitative estimate of drug-likeness (QED) is 0.214. The fourth-order valence-corrected chi connectivity index (χ4v) is 10.7. The van der Waals surface area contributed by atoms with Crippen LogP contribution in [-0.2, 0) is 0 Å². The van der Waals surface area contributed by atoms with Gasteiger partial charge in [0.2, 0.25) is 0 Å². The molecule has 0 aliphatic carbocycles. The highest BCUT2D eigenvalue weighted by Crippen LogP contribution is 2.48. The van der Waals surface area contributed by atoms with E-state index in [-0.39, 0.29) is 20.1 Å². The second-order valence-corrected chi connectivity index (χ2v) is 15.9. The Morgan fingerprint density at radius 3 is 1.28 bits per heavy atom. The molecule has 13 rings (SSSR count). The van der Waals surface area contributed by atoms with Crippen molar-refractivity contribution in [2.24, 2.45) is 0 Å². The molecule has 6 aliphatic rings. The van der Waals surface area contributed by atoms with Gasteiger partial charge in [-0.25, -0.2) is 0 Å². The third-order valence-electron chi connectivity index (χ3n) is 12.7. The van der Waals surface area contributed by atoms with Crippen LogP contribution < -0.4 is 68.4 Å². The van der Waals surface area contributed by atoms with Crippen LogP contribution in [-0.4, -0.2) is 20.1 Å². The summed E-state index contributed by atoms with van der Waals surface area (Å²) < 4.78 is 13.6. The lowest BCUT2D eigenvalue weighted by Gasteiger charge is -2.51. The Morgan fingerprint density at radius 1 is 0.358 bits per heavy atom. The molecule has 0 amide bonds. The number of aryl methyl sites for hydroxylation is 4. The van der Waals surface area contributed by atoms with E-state index in [1.54, 1.807) is 0 Å². The van der Waals surface area contributed by atoms with Crippen molar-refractivity contribution in [1.82, 2.24) is 0 Å². The largest absolute Gasteiger partial charge is 0.458 e. The van der Waals surface area contributed by atoms with Crippen molar-refractivity contribution in [3.05, 3.63) is 138 Å². The SMILES string of the molecule is Cc1ccc2c(c1)Oc1cccc3c1B2c1cc2c4c5c1N3c1ccc(C)cc1B5c1cc(C)ccc1N4c1cccc3c1B2c1ccc(C)cc1O3. The number of hydrogen-bond donors (Lipinski definition) is 0. The molecule has 0 bridgehead atoms. The number of rotatable bonds is 0. The van der Waals surface area contributed by atoms with Crippen LogP contribution in [0.3, 0.4) is 0 Å². The molecule has 0 spiro atoms. The van der Waals surface area contributed by atoms with Crippen LogP contribution in [0.1, 0.15) is 22.3 Å². The first-order valence-corrected chi connectivity index (χ1v) is 18.8. The molecule has 0 saturated carbocycles. The molecule has 0 atom stereocenters. The molecule has 6 heterocycles. The van der Waals surface area contributed by atoms with Gasteiger partial charge in [0, 0.05) is 34.1 Å². The van der Waals surface area contributed by atoms with Gasteiger partial charge in [0.25, 0.3) is 20.1 Å². The van der Waals surface area contributed by atoms with E-state index in [4.69, 9.17) is 9.47 Å². The lowest BCUT2D eigenvalue weighted by atomic mass is 9.26. The highest BCUT2D eigenvalue weighted by atomic mass is 16.5. The minimum atomic E-state index is 0.0207. The minimum Gasteiger partial charge on any atom is -0.458 e. The standard InChI is InChI=1S/C46H31B3N2O2/c1-24-13-17-34-30(19-24)49-31-20-25(2)14-18-35(31)51-37-8-6-10-39-43(37)48(29-16-12-27(4)22-41(29)53-39)33-23-32-45(44(49)46(33)51)50(34)36-7-5-9-38-42(36)47(32)28-15-11-26(3)21-40(28)52-38/h5-23H,1-4H3. The number of fused-ring (bicyclic) bond motifs is 14. The van der Waals surface area contributed by atoms with Crippen LogP contribution >= 0.6 is 0 Å². The van der Waals surface area contributed by atoms with Gasteiger partial charge in [0.15, 0.2) is 0 Å². The number of nitrogens with zero attached hydrogens (tertiary/aromatic N) is 2. The van der Waals surface area contributed by atoms with Crippen molar-refractivity contribution < 1.29 is 9.47 Å². The smallest absolute Gasteiger partial charge is 0.256 e. The van der Waals surface area contributed by atoms with Gasteiger partial charge in [0.05, 0.1) is 0 Å². The van der Waals surface area contributed by atoms with Crippen LogP contribution in [0.2, 0.25) is 0 Å². The number of ether oxygens (including phenoxy) is 2. The predicted molar refractivity (Wildman–Crippen MR) is 222 cm³/mol. The number of hydrogen-bond acceptors (Lipinski definition) is 4. The fourth-order valence-electron chi connectivity index (χ4n) is 10.7. The van der Waals surface area contributed by atoms with E-state index in [9.17, 15) is 0 Å². The average Bonchev–Trinajstić information content (AvgIpc) is 3.15. The Hall–Kier alpha value is -6.07. The monoisotopic (exact) mass is 676 g/mol. The number of anilines is 6. The molecule has 4 nitrogen and oxygen atoms in total. The van der Waals surface area contributed by atoms with Crippen molar-refractivity contribution in [2.45, 2.75) is 27.7 Å². The van der Waals surface area contributed by atoms with E-state index in [1.807, 2.05) is 0 Å². The Bertz CT molecular complexity index is 2710. The van der Waals surface area contributed by atoms with Crippen molar-refractivity contribution in [1.29, 1.82) is 0 Å². The van der Waals surface area contributed by atoms with Gasteiger partial charge < -0.3 is 19.3 Å². The maximum absolute atomic E-state index is 6.81. The summed E-state index contributed by atoms with van der Waals surface area (Å²) in [6, 6.07) is 43.6. The second kappa shape index (κ2) is 9.48. The van der Waals surface area contributed by atoms with E-state index in [0.717, 1.165) is 23.0 Å². The second-order valence-electron chi connectivity index (χ2n) is 15.9. The zero-order valence-electron chi connectivity index (χ0n) is 29.9. The van der Waals surface area contributed by atoms with E-state index in [0.29, 0.717) is 0 Å². The fraction of sp³-hybridized carbons (Fsp3) is 0.0870. The summed E-state index contributed by atoms with van der Waals surface area (Å²) in [5.41, 5.74) is 24.3. The van der Waals surface area contributed by atoms with Crippen LogP contribution in [0.5, 0.6) is 23.0 Å². The van der Waals surface area contributed by atoms with Crippen LogP contribution in [0, 0.1) is 27.7 Å². The summed E-state index contributed by atoms with van der Waals surface area (Å²) in [6.45, 7) is 8.88. The molecule has 0 unspecified atom stereocenters. The lowest BCUT2D eigenvalue weighted by molar-refractivity contribution is 0.487. The normalized spacial score (nSPS) is 14.9. The first-order valence-electron chi connectivity index (χ1n) is 18.8. The molecule has 7 aromatic carbocycles. The Morgan fingerprint density at radius 2 is 0.792 bits per heavy atom. The van der Waals surface area contributed by atoms with Crippen LogP contribution in [0.25, 0.3) is 0 Å². The highest BCUT2D eigenvalue weighted by molar-refractivity contribution is 7.07. The first kappa shape index (κ1) is 28.5. The summed E-state index contributed by atoms with van der Waals surface area (Å²) in [5, 5.41) is 0. The Balaban J connectivity index is 1.24. The van der Waals surface area contributed by atoms with E-state index in [1.165, 1.54) is 106 Å². The van der Waals surface area contributed by atoms with Crippen LogP contribution in [0.4, 0.5) is 34.1 Å². The molecule has 53 heavy (non-hydrogen) atoms. The number of benzene rings is 7. The van der Waals surface area contributed by atoms with Crippen molar-refractivity contribution in [3.63, 3.8) is 0 Å². The summed E-state index contributed by atoms with van der Waals surface area (Å²) in [6.07, 6.45) is 0. The van der Waals surface area contributed by atoms with Gasteiger partial charge >= 0.3 is 0 Å². The summed E-state index contributed by atoms with van der Waals surface area (Å²) in [7, 11) is 0. The van der Waals surface area contributed by atoms with E-state index in [2.05, 4.69) is 153 Å². The molecular weight excluding hydrogens is 645 g/mol. The predicted octanol–water partition coefficient (Wildman–Crippen LogP) is 4.87. The zero-order valence-corrected chi connectivity index (χ0v) is 29.9. The van der Waals surface area contributed by atoms with Gasteiger partial charge in [-0.1, -0.05) is 77.9 Å². The molecule has 0 N–H and O–H groups in total.